The molecule has 0 fully saturated rings. The number of para-hydroxylation sites is 1. The second kappa shape index (κ2) is 8.87. The highest BCUT2D eigenvalue weighted by Crippen LogP contribution is 2.24. The molecule has 0 saturated carbocycles. The monoisotopic (exact) mass is 419 g/mol. The van der Waals surface area contributed by atoms with Gasteiger partial charge in [0.25, 0.3) is 5.91 Å². The van der Waals surface area contributed by atoms with Gasteiger partial charge in [-0.1, -0.05) is 24.3 Å². The van der Waals surface area contributed by atoms with Gasteiger partial charge in [-0.05, 0) is 58.6 Å². The molecule has 7 nitrogen and oxygen atoms in total. The van der Waals surface area contributed by atoms with Gasteiger partial charge in [0.2, 0.25) is 0 Å². The predicted octanol–water partition coefficient (Wildman–Crippen LogP) is 3.88. The predicted molar refractivity (Wildman–Crippen MR) is 115 cm³/mol. The lowest BCUT2D eigenvalue weighted by atomic mass is 10.1. The van der Waals surface area contributed by atoms with Crippen LogP contribution < -0.4 is 4.74 Å². The van der Waals surface area contributed by atoms with Crippen molar-refractivity contribution in [2.75, 3.05) is 7.11 Å². The molecule has 0 spiro atoms. The third kappa shape index (κ3) is 4.23. The van der Waals surface area contributed by atoms with Gasteiger partial charge >= 0.3 is 0 Å². The third-order valence-corrected chi connectivity index (χ3v) is 5.67. The molecule has 0 saturated heterocycles. The number of amides is 1. The molecule has 2 heterocycles. The molecule has 4 rings (SSSR count). The van der Waals surface area contributed by atoms with Gasteiger partial charge in [-0.3, -0.25) is 4.79 Å². The number of aromatic nitrogens is 4. The lowest BCUT2D eigenvalue weighted by Gasteiger charge is -2.24. The van der Waals surface area contributed by atoms with E-state index >= 15 is 0 Å². The first kappa shape index (κ1) is 19.8. The summed E-state index contributed by atoms with van der Waals surface area (Å²) in [5.74, 6) is 0.729. The van der Waals surface area contributed by atoms with Crippen LogP contribution in [0.3, 0.4) is 0 Å². The van der Waals surface area contributed by atoms with E-state index in [-0.39, 0.29) is 5.91 Å². The van der Waals surface area contributed by atoms with Crippen molar-refractivity contribution in [3.05, 3.63) is 87.9 Å². The number of carbonyl (C=O) groups is 1. The molecule has 0 radical (unpaired) electrons. The second-order valence-electron chi connectivity index (χ2n) is 6.81. The summed E-state index contributed by atoms with van der Waals surface area (Å²) < 4.78 is 7.07. The number of aryl methyl sites for hydroxylation is 1. The van der Waals surface area contributed by atoms with E-state index in [9.17, 15) is 4.79 Å². The van der Waals surface area contributed by atoms with E-state index in [0.717, 1.165) is 27.4 Å². The molecule has 0 aliphatic rings. The van der Waals surface area contributed by atoms with Gasteiger partial charge in [0.05, 0.1) is 25.9 Å². The molecule has 0 N–H and O–H groups in total. The van der Waals surface area contributed by atoms with Crippen LogP contribution in [0.25, 0.3) is 5.69 Å². The fraction of sp³-hybridized carbons (Fsp3) is 0.182. The van der Waals surface area contributed by atoms with Crippen LogP contribution in [0.5, 0.6) is 5.75 Å². The normalized spacial score (nSPS) is 10.7. The Kier molecular flexibility index (Phi) is 5.85. The highest BCUT2D eigenvalue weighted by molar-refractivity contribution is 7.09. The molecule has 0 bridgehead atoms. The van der Waals surface area contributed by atoms with Gasteiger partial charge in [-0.15, -0.1) is 16.4 Å². The second-order valence-corrected chi connectivity index (χ2v) is 7.84. The van der Waals surface area contributed by atoms with Gasteiger partial charge in [0.15, 0.2) is 0 Å². The van der Waals surface area contributed by atoms with Crippen LogP contribution in [-0.4, -0.2) is 38.1 Å². The average Bonchev–Trinajstić information content (AvgIpc) is 3.47. The number of ether oxygens (including phenoxy) is 1. The highest BCUT2D eigenvalue weighted by Gasteiger charge is 2.20. The molecule has 0 aliphatic heterocycles. The molecule has 0 unspecified atom stereocenters. The summed E-state index contributed by atoms with van der Waals surface area (Å²) in [7, 11) is 1.64. The minimum Gasteiger partial charge on any atom is -0.496 e. The molecule has 4 aromatic rings. The van der Waals surface area contributed by atoms with Gasteiger partial charge in [-0.2, -0.15) is 0 Å². The smallest absolute Gasteiger partial charge is 0.254 e. The van der Waals surface area contributed by atoms with Crippen LogP contribution in [-0.2, 0) is 13.1 Å². The molecule has 8 heteroatoms. The van der Waals surface area contributed by atoms with Crippen molar-refractivity contribution in [1.82, 2.24) is 25.1 Å². The fourth-order valence-electron chi connectivity index (χ4n) is 3.33. The van der Waals surface area contributed by atoms with Crippen LogP contribution in [0.4, 0.5) is 0 Å². The molecule has 2 aromatic heterocycles. The zero-order chi connectivity index (χ0) is 20.9. The van der Waals surface area contributed by atoms with E-state index in [1.165, 1.54) is 6.33 Å². The van der Waals surface area contributed by atoms with Gasteiger partial charge < -0.3 is 9.64 Å². The van der Waals surface area contributed by atoms with E-state index in [1.54, 1.807) is 23.1 Å². The number of nitrogens with zero attached hydrogens (tertiary/aromatic N) is 5. The first-order valence-electron chi connectivity index (χ1n) is 9.43. The first-order chi connectivity index (χ1) is 14.7. The van der Waals surface area contributed by atoms with Crippen LogP contribution in [0.15, 0.2) is 66.3 Å². The first-order valence-corrected chi connectivity index (χ1v) is 10.3. The standard InChI is InChI=1S/C22H21N5O2S/c1-16-12-17(9-10-20(16)27-15-23-24-25-27)22(28)26(14-19-7-5-11-30-19)13-18-6-3-4-8-21(18)29-2/h3-12,15H,13-14H2,1-2H3. The van der Waals surface area contributed by atoms with E-state index in [0.29, 0.717) is 18.7 Å². The number of rotatable bonds is 7. The maximum absolute atomic E-state index is 13.5. The average molecular weight is 420 g/mol. The zero-order valence-electron chi connectivity index (χ0n) is 16.7. The molecule has 30 heavy (non-hydrogen) atoms. The Bertz CT molecular complexity index is 1130. The summed E-state index contributed by atoms with van der Waals surface area (Å²) in [4.78, 5) is 16.4. The molecule has 152 valence electrons. The lowest BCUT2D eigenvalue weighted by Crippen LogP contribution is -2.30. The maximum atomic E-state index is 13.5. The Morgan fingerprint density at radius 3 is 2.70 bits per heavy atom. The number of benzene rings is 2. The molecular formula is C22H21N5O2S. The Morgan fingerprint density at radius 1 is 1.13 bits per heavy atom. The summed E-state index contributed by atoms with van der Waals surface area (Å²) in [5.41, 5.74) is 3.34. The largest absolute Gasteiger partial charge is 0.496 e. The number of hydrogen-bond acceptors (Lipinski definition) is 6. The summed E-state index contributed by atoms with van der Waals surface area (Å²) in [6.45, 7) is 2.93. The minimum absolute atomic E-state index is 0.0410. The summed E-state index contributed by atoms with van der Waals surface area (Å²) in [5, 5.41) is 13.3. The number of thiophene rings is 1. The molecule has 1 amide bonds. The number of hydrogen-bond donors (Lipinski definition) is 0. The number of carbonyl (C=O) groups excluding carboxylic acids is 1. The fourth-order valence-corrected chi connectivity index (χ4v) is 4.05. The highest BCUT2D eigenvalue weighted by atomic mass is 32.1. The van der Waals surface area contributed by atoms with E-state index in [2.05, 4.69) is 15.5 Å². The Hall–Kier alpha value is -3.52. The Labute approximate surface area is 178 Å². The van der Waals surface area contributed by atoms with Gasteiger partial charge in [0, 0.05) is 16.0 Å². The van der Waals surface area contributed by atoms with Crippen LogP contribution in [0, 0.1) is 6.92 Å². The van der Waals surface area contributed by atoms with E-state index < -0.39 is 0 Å². The van der Waals surface area contributed by atoms with Crippen molar-refractivity contribution in [2.24, 2.45) is 0 Å². The van der Waals surface area contributed by atoms with Crippen molar-refractivity contribution >= 4 is 17.2 Å². The van der Waals surface area contributed by atoms with Crippen molar-refractivity contribution in [3.8, 4) is 11.4 Å². The Balaban J connectivity index is 1.64. The van der Waals surface area contributed by atoms with Crippen molar-refractivity contribution in [1.29, 1.82) is 0 Å². The third-order valence-electron chi connectivity index (χ3n) is 4.81. The SMILES string of the molecule is COc1ccccc1CN(Cc1cccs1)C(=O)c1ccc(-n2cnnn2)c(C)c1. The Morgan fingerprint density at radius 2 is 2.00 bits per heavy atom. The summed E-state index contributed by atoms with van der Waals surface area (Å²) in [6.07, 6.45) is 1.54. The van der Waals surface area contributed by atoms with Crippen molar-refractivity contribution in [3.63, 3.8) is 0 Å². The topological polar surface area (TPSA) is 73.1 Å². The minimum atomic E-state index is -0.0410. The summed E-state index contributed by atoms with van der Waals surface area (Å²) >= 11 is 1.64. The van der Waals surface area contributed by atoms with Crippen LogP contribution >= 0.6 is 11.3 Å². The van der Waals surface area contributed by atoms with Crippen molar-refractivity contribution in [2.45, 2.75) is 20.0 Å². The molecular weight excluding hydrogens is 398 g/mol. The molecule has 0 atom stereocenters. The number of tetrazole rings is 1. The van der Waals surface area contributed by atoms with E-state index in [4.69, 9.17) is 4.74 Å². The van der Waals surface area contributed by atoms with E-state index in [1.807, 2.05) is 71.8 Å². The van der Waals surface area contributed by atoms with Crippen LogP contribution in [0.1, 0.15) is 26.4 Å². The number of methoxy groups -OCH3 is 1. The zero-order valence-corrected chi connectivity index (χ0v) is 17.5. The molecule has 2 aromatic carbocycles. The van der Waals surface area contributed by atoms with Crippen LogP contribution in [0.2, 0.25) is 0 Å². The van der Waals surface area contributed by atoms with Gasteiger partial charge in [0.1, 0.15) is 12.1 Å². The lowest BCUT2D eigenvalue weighted by molar-refractivity contribution is 0.0730. The quantitative estimate of drug-likeness (QED) is 0.454. The molecule has 0 aliphatic carbocycles. The summed E-state index contributed by atoms with van der Waals surface area (Å²) in [6, 6.07) is 17.4. The van der Waals surface area contributed by atoms with Crippen molar-refractivity contribution < 1.29 is 9.53 Å². The van der Waals surface area contributed by atoms with Gasteiger partial charge in [-0.25, -0.2) is 4.68 Å². The maximum Gasteiger partial charge on any atom is 0.254 e.